The number of benzene rings is 1. The maximum absolute atomic E-state index is 12.1. The lowest BCUT2D eigenvalue weighted by Gasteiger charge is -2.16. The summed E-state index contributed by atoms with van der Waals surface area (Å²) in [5, 5.41) is 3.12. The SMILES string of the molecule is Cc1ccc(Cl)cc1NC(=O)C(C)OC(=O)C1CCS(=O)(=O)C1. The summed E-state index contributed by atoms with van der Waals surface area (Å²) < 4.78 is 27.8. The number of carbonyl (C=O) groups excluding carboxylic acids is 2. The molecule has 0 aromatic heterocycles. The van der Waals surface area contributed by atoms with Crippen LogP contribution in [0.3, 0.4) is 0 Å². The molecule has 2 rings (SSSR count). The minimum atomic E-state index is -3.17. The quantitative estimate of drug-likeness (QED) is 0.830. The van der Waals surface area contributed by atoms with E-state index < -0.39 is 33.7 Å². The average molecular weight is 360 g/mol. The normalized spacial score (nSPS) is 20.7. The molecule has 0 aliphatic carbocycles. The van der Waals surface area contributed by atoms with Gasteiger partial charge in [-0.15, -0.1) is 0 Å². The van der Waals surface area contributed by atoms with Crippen molar-refractivity contribution >= 4 is 39.0 Å². The standard InChI is InChI=1S/C15H18ClNO5S/c1-9-3-4-12(16)7-13(9)17-14(18)10(2)22-15(19)11-5-6-23(20,21)8-11/h3-4,7,10-11H,5-6,8H2,1-2H3,(H,17,18). The minimum absolute atomic E-state index is 0.0188. The van der Waals surface area contributed by atoms with Crippen molar-refractivity contribution in [2.75, 3.05) is 16.8 Å². The molecule has 2 atom stereocenters. The lowest BCUT2D eigenvalue weighted by atomic mass is 10.1. The third kappa shape index (κ3) is 4.68. The highest BCUT2D eigenvalue weighted by Crippen LogP contribution is 2.22. The number of sulfone groups is 1. The van der Waals surface area contributed by atoms with Gasteiger partial charge in [0.1, 0.15) is 0 Å². The second-order valence-electron chi connectivity index (χ2n) is 5.63. The molecule has 1 aromatic carbocycles. The third-order valence-electron chi connectivity index (χ3n) is 3.69. The summed E-state index contributed by atoms with van der Waals surface area (Å²) in [6.45, 7) is 3.25. The van der Waals surface area contributed by atoms with E-state index in [2.05, 4.69) is 5.32 Å². The summed E-state index contributed by atoms with van der Waals surface area (Å²) >= 11 is 5.88. The predicted octanol–water partition coefficient (Wildman–Crippen LogP) is 1.95. The van der Waals surface area contributed by atoms with Gasteiger partial charge in [0.05, 0.1) is 17.4 Å². The Bertz CT molecular complexity index is 731. The molecule has 1 aliphatic rings. The Morgan fingerprint density at radius 2 is 2.09 bits per heavy atom. The predicted molar refractivity (Wildman–Crippen MR) is 87.1 cm³/mol. The van der Waals surface area contributed by atoms with Crippen LogP contribution in [0.4, 0.5) is 5.69 Å². The zero-order valence-corrected chi connectivity index (χ0v) is 14.4. The summed E-state index contributed by atoms with van der Waals surface area (Å²) in [4.78, 5) is 24.0. The van der Waals surface area contributed by atoms with Crippen LogP contribution < -0.4 is 5.32 Å². The number of esters is 1. The molecular weight excluding hydrogens is 342 g/mol. The highest BCUT2D eigenvalue weighted by Gasteiger charge is 2.35. The van der Waals surface area contributed by atoms with E-state index in [0.29, 0.717) is 10.7 Å². The van der Waals surface area contributed by atoms with Crippen LogP contribution in [0.15, 0.2) is 18.2 Å². The first-order valence-electron chi connectivity index (χ1n) is 7.16. The van der Waals surface area contributed by atoms with Crippen LogP contribution in [-0.2, 0) is 24.2 Å². The van der Waals surface area contributed by atoms with Crippen molar-refractivity contribution in [3.8, 4) is 0 Å². The summed E-state index contributed by atoms with van der Waals surface area (Å²) in [5.41, 5.74) is 1.36. The van der Waals surface area contributed by atoms with Crippen LogP contribution in [0.1, 0.15) is 18.9 Å². The molecule has 0 radical (unpaired) electrons. The van der Waals surface area contributed by atoms with Crippen molar-refractivity contribution in [3.63, 3.8) is 0 Å². The van der Waals surface area contributed by atoms with E-state index in [1.165, 1.54) is 6.92 Å². The van der Waals surface area contributed by atoms with Gasteiger partial charge in [0, 0.05) is 10.7 Å². The number of anilines is 1. The van der Waals surface area contributed by atoms with Crippen molar-refractivity contribution in [2.24, 2.45) is 5.92 Å². The van der Waals surface area contributed by atoms with Gasteiger partial charge in [-0.3, -0.25) is 9.59 Å². The monoisotopic (exact) mass is 359 g/mol. The molecule has 6 nitrogen and oxygen atoms in total. The van der Waals surface area contributed by atoms with E-state index in [0.717, 1.165) is 5.56 Å². The van der Waals surface area contributed by atoms with E-state index >= 15 is 0 Å². The molecule has 1 fully saturated rings. The molecule has 8 heteroatoms. The molecule has 1 aromatic rings. The smallest absolute Gasteiger partial charge is 0.310 e. The summed E-state index contributed by atoms with van der Waals surface area (Å²) in [6, 6.07) is 5.07. The number of carbonyl (C=O) groups is 2. The van der Waals surface area contributed by atoms with Crippen LogP contribution in [0.2, 0.25) is 5.02 Å². The van der Waals surface area contributed by atoms with Crippen molar-refractivity contribution in [2.45, 2.75) is 26.4 Å². The second-order valence-corrected chi connectivity index (χ2v) is 8.29. The summed E-state index contributed by atoms with van der Waals surface area (Å²) in [7, 11) is -3.17. The van der Waals surface area contributed by atoms with Gasteiger partial charge >= 0.3 is 5.97 Å². The maximum atomic E-state index is 12.1. The number of hydrogen-bond donors (Lipinski definition) is 1. The van der Waals surface area contributed by atoms with Gasteiger partial charge < -0.3 is 10.1 Å². The number of rotatable bonds is 4. The number of ether oxygens (including phenoxy) is 1. The van der Waals surface area contributed by atoms with Crippen LogP contribution in [0, 0.1) is 12.8 Å². The van der Waals surface area contributed by atoms with Crippen LogP contribution in [-0.4, -0.2) is 37.9 Å². The fourth-order valence-electron chi connectivity index (χ4n) is 2.27. The first-order chi connectivity index (χ1) is 10.7. The molecule has 1 saturated heterocycles. The van der Waals surface area contributed by atoms with Crippen molar-refractivity contribution < 1.29 is 22.7 Å². The van der Waals surface area contributed by atoms with Gasteiger partial charge in [-0.1, -0.05) is 17.7 Å². The first kappa shape index (κ1) is 17.7. The molecule has 1 N–H and O–H groups in total. The highest BCUT2D eigenvalue weighted by molar-refractivity contribution is 7.91. The first-order valence-corrected chi connectivity index (χ1v) is 9.36. The lowest BCUT2D eigenvalue weighted by molar-refractivity contribution is -0.156. The Morgan fingerprint density at radius 3 is 2.70 bits per heavy atom. The third-order valence-corrected chi connectivity index (χ3v) is 5.69. The van der Waals surface area contributed by atoms with E-state index in [-0.39, 0.29) is 17.9 Å². The molecule has 1 amide bonds. The van der Waals surface area contributed by atoms with Crippen LogP contribution in [0.5, 0.6) is 0 Å². The van der Waals surface area contributed by atoms with Gasteiger partial charge in [-0.2, -0.15) is 0 Å². The number of aryl methyl sites for hydroxylation is 1. The Kier molecular flexibility index (Phi) is 5.31. The average Bonchev–Trinajstić information content (AvgIpc) is 2.83. The number of nitrogens with one attached hydrogen (secondary N) is 1. The fraction of sp³-hybridized carbons (Fsp3) is 0.467. The fourth-order valence-corrected chi connectivity index (χ4v) is 4.17. The zero-order chi connectivity index (χ0) is 17.2. The molecule has 0 spiro atoms. The second kappa shape index (κ2) is 6.88. The molecule has 1 aliphatic heterocycles. The van der Waals surface area contributed by atoms with Crippen molar-refractivity contribution in [1.29, 1.82) is 0 Å². The molecule has 1 heterocycles. The van der Waals surface area contributed by atoms with Gasteiger partial charge in [-0.25, -0.2) is 8.42 Å². The van der Waals surface area contributed by atoms with Gasteiger partial charge in [-0.05, 0) is 38.0 Å². The van der Waals surface area contributed by atoms with E-state index in [1.54, 1.807) is 18.2 Å². The molecule has 2 unspecified atom stereocenters. The van der Waals surface area contributed by atoms with E-state index in [4.69, 9.17) is 16.3 Å². The summed E-state index contributed by atoms with van der Waals surface area (Å²) in [6.07, 6.45) is -0.785. The van der Waals surface area contributed by atoms with Crippen molar-refractivity contribution in [3.05, 3.63) is 28.8 Å². The molecule has 0 saturated carbocycles. The number of hydrogen-bond acceptors (Lipinski definition) is 5. The maximum Gasteiger partial charge on any atom is 0.310 e. The van der Waals surface area contributed by atoms with Crippen LogP contribution >= 0.6 is 11.6 Å². The molecular formula is C15H18ClNO5S. The zero-order valence-electron chi connectivity index (χ0n) is 12.8. The van der Waals surface area contributed by atoms with Crippen molar-refractivity contribution in [1.82, 2.24) is 0 Å². The Labute approximate surface area is 140 Å². The Hall–Kier alpha value is -1.60. The topological polar surface area (TPSA) is 89.5 Å². The molecule has 23 heavy (non-hydrogen) atoms. The summed E-state index contributed by atoms with van der Waals surface area (Å²) in [5.74, 6) is -2.08. The van der Waals surface area contributed by atoms with Crippen LogP contribution in [0.25, 0.3) is 0 Å². The van der Waals surface area contributed by atoms with E-state index in [1.807, 2.05) is 6.92 Å². The number of halogens is 1. The Morgan fingerprint density at radius 1 is 1.39 bits per heavy atom. The van der Waals surface area contributed by atoms with Gasteiger partial charge in [0.2, 0.25) is 0 Å². The molecule has 0 bridgehead atoms. The lowest BCUT2D eigenvalue weighted by Crippen LogP contribution is -2.32. The Balaban J connectivity index is 1.95. The highest BCUT2D eigenvalue weighted by atomic mass is 35.5. The number of amides is 1. The molecule has 126 valence electrons. The largest absolute Gasteiger partial charge is 0.452 e. The minimum Gasteiger partial charge on any atom is -0.452 e. The van der Waals surface area contributed by atoms with Gasteiger partial charge in [0.25, 0.3) is 5.91 Å². The van der Waals surface area contributed by atoms with Gasteiger partial charge in [0.15, 0.2) is 15.9 Å². The van der Waals surface area contributed by atoms with E-state index in [9.17, 15) is 18.0 Å².